The monoisotopic (exact) mass is 306 g/mol. The zero-order valence-electron chi connectivity index (χ0n) is 12.2. The summed E-state index contributed by atoms with van der Waals surface area (Å²) >= 11 is 0. The Kier molecular flexibility index (Phi) is 5.65. The molecule has 1 heterocycles. The van der Waals surface area contributed by atoms with Gasteiger partial charge in [-0.15, -0.1) is 0 Å². The lowest BCUT2D eigenvalue weighted by molar-refractivity contribution is 0.0663. The summed E-state index contributed by atoms with van der Waals surface area (Å²) in [6, 6.07) is 6.48. The van der Waals surface area contributed by atoms with E-state index in [-0.39, 0.29) is 11.1 Å². The standard InChI is InChI=1S/C15H18N2O5/c1-21-8-9-22-7-6-17-5-4-11-2-3-12(14(18)16-20)10-13(11)15(17)19/h2-5,10,20H,6-9H2,1H3,(H,16,18). The predicted molar refractivity (Wildman–Crippen MR) is 80.2 cm³/mol. The number of rotatable bonds is 7. The number of methoxy groups -OCH3 is 1. The van der Waals surface area contributed by atoms with Crippen molar-refractivity contribution in [3.05, 3.63) is 46.4 Å². The fourth-order valence-electron chi connectivity index (χ4n) is 2.07. The van der Waals surface area contributed by atoms with E-state index >= 15 is 0 Å². The first-order valence-corrected chi connectivity index (χ1v) is 6.81. The molecule has 1 amide bonds. The van der Waals surface area contributed by atoms with E-state index in [1.807, 2.05) is 0 Å². The molecule has 0 saturated heterocycles. The molecule has 0 fully saturated rings. The van der Waals surface area contributed by atoms with Gasteiger partial charge in [-0.3, -0.25) is 14.8 Å². The van der Waals surface area contributed by atoms with Crippen molar-refractivity contribution in [2.24, 2.45) is 0 Å². The number of carbonyl (C=O) groups excluding carboxylic acids is 1. The number of benzene rings is 1. The Labute approximate surface area is 127 Å². The molecular weight excluding hydrogens is 288 g/mol. The molecule has 22 heavy (non-hydrogen) atoms. The van der Waals surface area contributed by atoms with Gasteiger partial charge in [0, 0.05) is 30.8 Å². The lowest BCUT2D eigenvalue weighted by atomic mass is 10.1. The molecule has 7 heteroatoms. The fourth-order valence-corrected chi connectivity index (χ4v) is 2.07. The Morgan fingerprint density at radius 2 is 2.09 bits per heavy atom. The van der Waals surface area contributed by atoms with E-state index in [1.54, 1.807) is 37.0 Å². The molecule has 0 spiro atoms. The normalized spacial score (nSPS) is 10.8. The number of ether oxygens (including phenoxy) is 2. The zero-order valence-corrected chi connectivity index (χ0v) is 12.2. The van der Waals surface area contributed by atoms with E-state index in [0.29, 0.717) is 31.8 Å². The average Bonchev–Trinajstić information content (AvgIpc) is 2.55. The van der Waals surface area contributed by atoms with Gasteiger partial charge in [-0.1, -0.05) is 6.07 Å². The van der Waals surface area contributed by atoms with Gasteiger partial charge in [0.1, 0.15) is 0 Å². The van der Waals surface area contributed by atoms with Gasteiger partial charge in [0.25, 0.3) is 11.5 Å². The van der Waals surface area contributed by atoms with Gasteiger partial charge < -0.3 is 14.0 Å². The number of amides is 1. The van der Waals surface area contributed by atoms with Gasteiger partial charge >= 0.3 is 0 Å². The third-order valence-electron chi connectivity index (χ3n) is 3.25. The highest BCUT2D eigenvalue weighted by Crippen LogP contribution is 2.12. The second kappa shape index (κ2) is 7.69. The quantitative estimate of drug-likeness (QED) is 0.448. The molecule has 2 N–H and O–H groups in total. The topological polar surface area (TPSA) is 89.8 Å². The van der Waals surface area contributed by atoms with E-state index in [1.165, 1.54) is 10.6 Å². The highest BCUT2D eigenvalue weighted by molar-refractivity contribution is 5.97. The first-order valence-electron chi connectivity index (χ1n) is 6.81. The summed E-state index contributed by atoms with van der Waals surface area (Å²) in [6.45, 7) is 1.78. The number of pyridine rings is 1. The molecule has 0 aliphatic rings. The van der Waals surface area contributed by atoms with Gasteiger partial charge in [0.15, 0.2) is 0 Å². The van der Waals surface area contributed by atoms with Crippen molar-refractivity contribution in [1.29, 1.82) is 0 Å². The maximum atomic E-state index is 12.4. The smallest absolute Gasteiger partial charge is 0.274 e. The number of hydroxylamine groups is 1. The highest BCUT2D eigenvalue weighted by atomic mass is 16.5. The molecule has 0 atom stereocenters. The molecule has 0 saturated carbocycles. The molecule has 2 aromatic rings. The molecule has 0 bridgehead atoms. The molecule has 0 aliphatic carbocycles. The maximum absolute atomic E-state index is 12.4. The van der Waals surface area contributed by atoms with Crippen molar-refractivity contribution >= 4 is 16.7 Å². The largest absolute Gasteiger partial charge is 0.382 e. The van der Waals surface area contributed by atoms with E-state index in [4.69, 9.17) is 14.7 Å². The molecule has 7 nitrogen and oxygen atoms in total. The number of fused-ring (bicyclic) bond motifs is 1. The number of hydrogen-bond donors (Lipinski definition) is 2. The molecule has 0 radical (unpaired) electrons. The maximum Gasteiger partial charge on any atom is 0.274 e. The van der Waals surface area contributed by atoms with Crippen molar-refractivity contribution in [1.82, 2.24) is 10.0 Å². The SMILES string of the molecule is COCCOCCn1ccc2ccc(C(=O)NO)cc2c1=O. The Morgan fingerprint density at radius 3 is 2.82 bits per heavy atom. The van der Waals surface area contributed by atoms with Crippen LogP contribution in [0.25, 0.3) is 10.8 Å². The van der Waals surface area contributed by atoms with Crippen LogP contribution < -0.4 is 11.0 Å². The Hall–Kier alpha value is -2.22. The molecule has 0 unspecified atom stereocenters. The minimum atomic E-state index is -0.653. The minimum Gasteiger partial charge on any atom is -0.382 e. The lowest BCUT2D eigenvalue weighted by Crippen LogP contribution is -2.23. The summed E-state index contributed by atoms with van der Waals surface area (Å²) in [5.74, 6) is -0.653. The Bertz CT molecular complexity index is 711. The third-order valence-corrected chi connectivity index (χ3v) is 3.25. The second-order valence-electron chi connectivity index (χ2n) is 4.66. The summed E-state index contributed by atoms with van der Waals surface area (Å²) < 4.78 is 11.7. The van der Waals surface area contributed by atoms with Crippen LogP contribution in [0, 0.1) is 0 Å². The van der Waals surface area contributed by atoms with Crippen LogP contribution in [0.5, 0.6) is 0 Å². The predicted octanol–water partition coefficient (Wildman–Crippen LogP) is 0.783. The summed E-state index contributed by atoms with van der Waals surface area (Å²) in [5, 5.41) is 9.81. The Morgan fingerprint density at radius 1 is 1.27 bits per heavy atom. The van der Waals surface area contributed by atoms with Crippen LogP contribution in [0.4, 0.5) is 0 Å². The molecular formula is C15H18N2O5. The molecule has 2 rings (SSSR count). The van der Waals surface area contributed by atoms with Crippen molar-refractivity contribution < 1.29 is 19.5 Å². The van der Waals surface area contributed by atoms with Gasteiger partial charge in [-0.05, 0) is 23.6 Å². The summed E-state index contributed by atoms with van der Waals surface area (Å²) in [5.41, 5.74) is 1.57. The first kappa shape index (κ1) is 16.2. The molecule has 1 aromatic heterocycles. The van der Waals surface area contributed by atoms with Crippen LogP contribution in [0.2, 0.25) is 0 Å². The molecule has 1 aromatic carbocycles. The number of carbonyl (C=O) groups is 1. The van der Waals surface area contributed by atoms with Crippen molar-refractivity contribution in [3.63, 3.8) is 0 Å². The average molecular weight is 306 g/mol. The summed E-state index contributed by atoms with van der Waals surface area (Å²) in [4.78, 5) is 23.8. The van der Waals surface area contributed by atoms with Crippen LogP contribution >= 0.6 is 0 Å². The zero-order chi connectivity index (χ0) is 15.9. The van der Waals surface area contributed by atoms with Crippen LogP contribution in [0.3, 0.4) is 0 Å². The van der Waals surface area contributed by atoms with Crippen molar-refractivity contribution in [3.8, 4) is 0 Å². The minimum absolute atomic E-state index is 0.208. The van der Waals surface area contributed by atoms with E-state index in [9.17, 15) is 9.59 Å². The van der Waals surface area contributed by atoms with Crippen LogP contribution in [-0.4, -0.2) is 42.6 Å². The second-order valence-corrected chi connectivity index (χ2v) is 4.66. The molecule has 118 valence electrons. The van der Waals surface area contributed by atoms with E-state index < -0.39 is 5.91 Å². The Balaban J connectivity index is 2.20. The van der Waals surface area contributed by atoms with Gasteiger partial charge in [-0.2, -0.15) is 0 Å². The number of nitrogens with zero attached hydrogens (tertiary/aromatic N) is 1. The van der Waals surface area contributed by atoms with Crippen LogP contribution in [0.1, 0.15) is 10.4 Å². The molecule has 0 aliphatic heterocycles. The number of hydrogen-bond acceptors (Lipinski definition) is 5. The fraction of sp³-hybridized carbons (Fsp3) is 0.333. The highest BCUT2D eigenvalue weighted by Gasteiger charge is 2.08. The number of nitrogens with one attached hydrogen (secondary N) is 1. The van der Waals surface area contributed by atoms with Crippen LogP contribution in [-0.2, 0) is 16.0 Å². The number of aromatic nitrogens is 1. The van der Waals surface area contributed by atoms with E-state index in [0.717, 1.165) is 5.39 Å². The van der Waals surface area contributed by atoms with Gasteiger partial charge in [-0.25, -0.2) is 5.48 Å². The van der Waals surface area contributed by atoms with Crippen LogP contribution in [0.15, 0.2) is 35.3 Å². The van der Waals surface area contributed by atoms with Gasteiger partial charge in [0.2, 0.25) is 0 Å². The lowest BCUT2D eigenvalue weighted by Gasteiger charge is -2.08. The summed E-state index contributed by atoms with van der Waals surface area (Å²) in [6.07, 6.45) is 1.69. The summed E-state index contributed by atoms with van der Waals surface area (Å²) in [7, 11) is 1.59. The van der Waals surface area contributed by atoms with Crippen molar-refractivity contribution in [2.45, 2.75) is 6.54 Å². The third kappa shape index (κ3) is 3.70. The van der Waals surface area contributed by atoms with Gasteiger partial charge in [0.05, 0.1) is 19.8 Å². The first-order chi connectivity index (χ1) is 10.7. The van der Waals surface area contributed by atoms with Crippen molar-refractivity contribution in [2.75, 3.05) is 26.9 Å². The van der Waals surface area contributed by atoms with E-state index in [2.05, 4.69) is 0 Å².